The summed E-state index contributed by atoms with van der Waals surface area (Å²) in [6.07, 6.45) is 4.05. The topological polar surface area (TPSA) is 9.23 Å². The normalized spacial score (nSPS) is 10.6. The molecule has 0 fully saturated rings. The van der Waals surface area contributed by atoms with Crippen molar-refractivity contribution in [3.05, 3.63) is 34.3 Å². The van der Waals surface area contributed by atoms with Gasteiger partial charge in [-0.3, -0.25) is 0 Å². The molecule has 1 rings (SSSR count). The van der Waals surface area contributed by atoms with Gasteiger partial charge in [0.15, 0.2) is 0 Å². The van der Waals surface area contributed by atoms with Crippen LogP contribution in [0.15, 0.2) is 28.7 Å². The van der Waals surface area contributed by atoms with Gasteiger partial charge in [-0.05, 0) is 24.6 Å². The van der Waals surface area contributed by atoms with Crippen molar-refractivity contribution in [2.24, 2.45) is 0 Å². The Balaban J connectivity index is 3.03. The van der Waals surface area contributed by atoms with Crippen molar-refractivity contribution in [1.82, 2.24) is 0 Å². The lowest BCUT2D eigenvalue weighted by molar-refractivity contribution is 0.414. The summed E-state index contributed by atoms with van der Waals surface area (Å²) in [5.74, 6) is 0.870. The molecule has 0 unspecified atom stereocenters. The second-order valence-electron chi connectivity index (χ2n) is 2.39. The molecule has 2 heteroatoms. The number of halogens is 1. The minimum Gasteiger partial charge on any atom is -0.497 e. The average molecular weight is 227 g/mol. The summed E-state index contributed by atoms with van der Waals surface area (Å²) >= 11 is 3.46. The molecule has 0 N–H and O–H groups in total. The van der Waals surface area contributed by atoms with E-state index in [4.69, 9.17) is 4.74 Å². The van der Waals surface area contributed by atoms with E-state index in [1.54, 1.807) is 7.11 Å². The third-order valence-corrected chi connectivity index (χ3v) is 2.24. The molecule has 0 aliphatic rings. The highest BCUT2D eigenvalue weighted by molar-refractivity contribution is 9.10. The van der Waals surface area contributed by atoms with Gasteiger partial charge in [0, 0.05) is 4.47 Å². The first-order chi connectivity index (χ1) is 5.77. The van der Waals surface area contributed by atoms with Gasteiger partial charge >= 0.3 is 0 Å². The van der Waals surface area contributed by atoms with E-state index in [1.807, 2.05) is 37.3 Å². The van der Waals surface area contributed by atoms with E-state index in [0.717, 1.165) is 10.2 Å². The van der Waals surface area contributed by atoms with Gasteiger partial charge in [0.1, 0.15) is 5.75 Å². The van der Waals surface area contributed by atoms with Crippen LogP contribution in [-0.2, 0) is 0 Å². The van der Waals surface area contributed by atoms with E-state index in [0.29, 0.717) is 0 Å². The van der Waals surface area contributed by atoms with Gasteiger partial charge in [0.2, 0.25) is 0 Å². The van der Waals surface area contributed by atoms with E-state index in [1.165, 1.54) is 5.56 Å². The first-order valence-electron chi connectivity index (χ1n) is 3.74. The van der Waals surface area contributed by atoms with E-state index in [2.05, 4.69) is 15.9 Å². The van der Waals surface area contributed by atoms with Crippen molar-refractivity contribution in [3.63, 3.8) is 0 Å². The van der Waals surface area contributed by atoms with E-state index in [-0.39, 0.29) is 0 Å². The Morgan fingerprint density at radius 2 is 2.17 bits per heavy atom. The molecular weight excluding hydrogens is 216 g/mol. The van der Waals surface area contributed by atoms with Gasteiger partial charge < -0.3 is 4.74 Å². The molecule has 0 aliphatic carbocycles. The number of ether oxygens (including phenoxy) is 1. The molecule has 0 radical (unpaired) electrons. The second-order valence-corrected chi connectivity index (χ2v) is 3.24. The van der Waals surface area contributed by atoms with E-state index < -0.39 is 0 Å². The summed E-state index contributed by atoms with van der Waals surface area (Å²) in [6, 6.07) is 5.92. The smallest absolute Gasteiger partial charge is 0.120 e. The van der Waals surface area contributed by atoms with Crippen LogP contribution < -0.4 is 4.74 Å². The summed E-state index contributed by atoms with van der Waals surface area (Å²) < 4.78 is 6.13. The molecule has 64 valence electrons. The maximum atomic E-state index is 5.07. The molecule has 0 heterocycles. The number of methoxy groups -OCH3 is 1. The van der Waals surface area contributed by atoms with Gasteiger partial charge in [-0.15, -0.1) is 0 Å². The number of allylic oxidation sites excluding steroid dienone is 1. The van der Waals surface area contributed by atoms with E-state index in [9.17, 15) is 0 Å². The van der Waals surface area contributed by atoms with Gasteiger partial charge in [0.05, 0.1) is 7.11 Å². The molecule has 0 saturated carbocycles. The predicted octanol–water partition coefficient (Wildman–Crippen LogP) is 3.49. The van der Waals surface area contributed by atoms with Crippen molar-refractivity contribution in [3.8, 4) is 5.75 Å². The van der Waals surface area contributed by atoms with Crippen LogP contribution in [0.4, 0.5) is 0 Å². The van der Waals surface area contributed by atoms with Crippen molar-refractivity contribution in [2.75, 3.05) is 7.11 Å². The molecular formula is C10H11BrO. The highest BCUT2D eigenvalue weighted by Gasteiger charge is 1.97. The molecule has 1 aromatic carbocycles. The summed E-state index contributed by atoms with van der Waals surface area (Å²) in [7, 11) is 1.66. The molecule has 12 heavy (non-hydrogen) atoms. The largest absolute Gasteiger partial charge is 0.497 e. The molecule has 0 spiro atoms. The molecule has 0 aliphatic heterocycles. The van der Waals surface area contributed by atoms with Crippen molar-refractivity contribution < 1.29 is 4.74 Å². The number of hydrogen-bond acceptors (Lipinski definition) is 1. The Hall–Kier alpha value is -0.760. The first kappa shape index (κ1) is 9.33. The monoisotopic (exact) mass is 226 g/mol. The molecule has 0 amide bonds. The van der Waals surface area contributed by atoms with Crippen LogP contribution in [0.25, 0.3) is 6.08 Å². The highest BCUT2D eigenvalue weighted by Crippen LogP contribution is 2.23. The van der Waals surface area contributed by atoms with E-state index >= 15 is 0 Å². The summed E-state index contributed by atoms with van der Waals surface area (Å²) in [6.45, 7) is 2.00. The van der Waals surface area contributed by atoms with Gasteiger partial charge in [-0.1, -0.05) is 34.1 Å². The van der Waals surface area contributed by atoms with Crippen LogP contribution in [0.2, 0.25) is 0 Å². The maximum absolute atomic E-state index is 5.07. The van der Waals surface area contributed by atoms with Crippen molar-refractivity contribution >= 4 is 22.0 Å². The van der Waals surface area contributed by atoms with Crippen LogP contribution in [0, 0.1) is 0 Å². The van der Waals surface area contributed by atoms with Gasteiger partial charge in [-0.2, -0.15) is 0 Å². The molecule has 1 nitrogen and oxygen atoms in total. The summed E-state index contributed by atoms with van der Waals surface area (Å²) in [4.78, 5) is 0. The zero-order chi connectivity index (χ0) is 8.97. The van der Waals surface area contributed by atoms with Crippen LogP contribution in [-0.4, -0.2) is 7.11 Å². The molecule has 0 saturated heterocycles. The second kappa shape index (κ2) is 4.31. The van der Waals surface area contributed by atoms with Crippen molar-refractivity contribution in [2.45, 2.75) is 6.92 Å². The quantitative estimate of drug-likeness (QED) is 0.751. The zero-order valence-corrected chi connectivity index (χ0v) is 8.76. The molecule has 0 aromatic heterocycles. The SMILES string of the molecule is CC=Cc1ccc(OC)cc1Br. The number of benzene rings is 1. The zero-order valence-electron chi connectivity index (χ0n) is 7.17. The maximum Gasteiger partial charge on any atom is 0.120 e. The summed E-state index contributed by atoms with van der Waals surface area (Å²) in [5.41, 5.74) is 1.17. The van der Waals surface area contributed by atoms with Crippen LogP contribution in [0.1, 0.15) is 12.5 Å². The standard InChI is InChI=1S/C10H11BrO/c1-3-4-8-5-6-9(12-2)7-10(8)11/h3-7H,1-2H3. The lowest BCUT2D eigenvalue weighted by Gasteiger charge is -2.02. The highest BCUT2D eigenvalue weighted by atomic mass is 79.9. The predicted molar refractivity (Wildman–Crippen MR) is 55.4 cm³/mol. The molecule has 0 bridgehead atoms. The Labute approximate surface area is 81.2 Å². The average Bonchev–Trinajstić information content (AvgIpc) is 2.09. The lowest BCUT2D eigenvalue weighted by Crippen LogP contribution is -1.83. The summed E-state index contributed by atoms with van der Waals surface area (Å²) in [5, 5.41) is 0. The van der Waals surface area contributed by atoms with Gasteiger partial charge in [0.25, 0.3) is 0 Å². The Bertz CT molecular complexity index is 292. The Morgan fingerprint density at radius 1 is 1.42 bits per heavy atom. The van der Waals surface area contributed by atoms with Gasteiger partial charge in [-0.25, -0.2) is 0 Å². The lowest BCUT2D eigenvalue weighted by atomic mass is 10.2. The van der Waals surface area contributed by atoms with Crippen LogP contribution in [0.5, 0.6) is 5.75 Å². The fraction of sp³-hybridized carbons (Fsp3) is 0.200. The van der Waals surface area contributed by atoms with Crippen LogP contribution in [0.3, 0.4) is 0 Å². The van der Waals surface area contributed by atoms with Crippen LogP contribution >= 0.6 is 15.9 Å². The third-order valence-electron chi connectivity index (χ3n) is 1.55. The Kier molecular flexibility index (Phi) is 3.35. The fourth-order valence-corrected chi connectivity index (χ4v) is 1.44. The first-order valence-corrected chi connectivity index (χ1v) is 4.53. The Morgan fingerprint density at radius 3 is 2.67 bits per heavy atom. The molecule has 1 aromatic rings. The minimum atomic E-state index is 0.870. The minimum absolute atomic E-state index is 0.870. The number of hydrogen-bond donors (Lipinski definition) is 0. The third kappa shape index (κ3) is 2.11. The fourth-order valence-electron chi connectivity index (χ4n) is 0.950. The van der Waals surface area contributed by atoms with Crippen molar-refractivity contribution in [1.29, 1.82) is 0 Å². The number of rotatable bonds is 2. The molecule has 0 atom stereocenters.